The summed E-state index contributed by atoms with van der Waals surface area (Å²) >= 11 is 6.21. The van der Waals surface area contributed by atoms with Gasteiger partial charge in [-0.05, 0) is 37.1 Å². The van der Waals surface area contributed by atoms with Crippen LogP contribution in [-0.2, 0) is 14.8 Å². The molecular formula is C20H21ClN2O3S. The summed E-state index contributed by atoms with van der Waals surface area (Å²) in [7, 11) is -4.01. The van der Waals surface area contributed by atoms with E-state index >= 15 is 0 Å². The van der Waals surface area contributed by atoms with Gasteiger partial charge in [0, 0.05) is 29.2 Å². The van der Waals surface area contributed by atoms with Gasteiger partial charge in [0.05, 0.1) is 5.69 Å². The van der Waals surface area contributed by atoms with Crippen LogP contribution in [0.15, 0.2) is 53.4 Å². The fraction of sp³-hybridized carbons (Fsp3) is 0.250. The van der Waals surface area contributed by atoms with Crippen molar-refractivity contribution in [1.82, 2.24) is 5.32 Å². The van der Waals surface area contributed by atoms with E-state index in [1.807, 2.05) is 25.1 Å². The molecule has 142 valence electrons. The molecule has 1 amide bonds. The van der Waals surface area contributed by atoms with Gasteiger partial charge in [-0.2, -0.15) is 0 Å². The molecule has 0 bridgehead atoms. The predicted molar refractivity (Wildman–Crippen MR) is 109 cm³/mol. The summed E-state index contributed by atoms with van der Waals surface area (Å²) in [6.07, 6.45) is 0.708. The van der Waals surface area contributed by atoms with E-state index in [-0.39, 0.29) is 11.4 Å². The van der Waals surface area contributed by atoms with Gasteiger partial charge in [-0.15, -0.1) is 0 Å². The van der Waals surface area contributed by atoms with Crippen LogP contribution in [0, 0.1) is 0 Å². The zero-order valence-corrected chi connectivity index (χ0v) is 16.8. The molecule has 27 heavy (non-hydrogen) atoms. The standard InChI is InChI=1S/C20H21ClN2O3S/c1-3-12-22-20(24)19-18(14-8-6-5-7-9-14)16-13-15(21)10-11-17(16)23(4-2)27(19,25)26/h5-11,13H,3-4,12H2,1-2H3,(H,22,24). The molecule has 3 rings (SSSR count). The maximum atomic E-state index is 13.4. The largest absolute Gasteiger partial charge is 0.351 e. The molecule has 7 heteroatoms. The van der Waals surface area contributed by atoms with Gasteiger partial charge in [-0.1, -0.05) is 48.9 Å². The monoisotopic (exact) mass is 404 g/mol. The van der Waals surface area contributed by atoms with Crippen LogP contribution >= 0.6 is 11.6 Å². The van der Waals surface area contributed by atoms with Crippen LogP contribution in [0.4, 0.5) is 5.69 Å². The third-order valence-corrected chi connectivity index (χ3v) is 6.54. The number of rotatable bonds is 5. The van der Waals surface area contributed by atoms with Crippen molar-refractivity contribution in [2.75, 3.05) is 17.4 Å². The van der Waals surface area contributed by atoms with Crippen LogP contribution in [-0.4, -0.2) is 27.4 Å². The van der Waals surface area contributed by atoms with Gasteiger partial charge >= 0.3 is 0 Å². The minimum absolute atomic E-state index is 0.212. The summed E-state index contributed by atoms with van der Waals surface area (Å²) in [5.74, 6) is -0.597. The SMILES string of the molecule is CCCNC(=O)C1=C(c2ccccc2)c2cc(Cl)ccc2N(CC)S1(=O)=O. The summed E-state index contributed by atoms with van der Waals surface area (Å²) in [6, 6.07) is 14.1. The van der Waals surface area contributed by atoms with Crippen LogP contribution in [0.3, 0.4) is 0 Å². The topological polar surface area (TPSA) is 66.5 Å². The van der Waals surface area contributed by atoms with Crippen LogP contribution in [0.5, 0.6) is 0 Å². The molecule has 1 aliphatic rings. The Morgan fingerprint density at radius 1 is 1.11 bits per heavy atom. The number of halogens is 1. The van der Waals surface area contributed by atoms with Crippen molar-refractivity contribution in [3.05, 3.63) is 69.6 Å². The number of hydrogen-bond acceptors (Lipinski definition) is 3. The minimum Gasteiger partial charge on any atom is -0.351 e. The molecule has 2 aromatic rings. The number of nitrogens with one attached hydrogen (secondary N) is 1. The summed E-state index contributed by atoms with van der Waals surface area (Å²) in [5.41, 5.74) is 2.19. The fourth-order valence-corrected chi connectivity index (χ4v) is 5.14. The van der Waals surface area contributed by atoms with Gasteiger partial charge in [0.15, 0.2) is 4.91 Å². The van der Waals surface area contributed by atoms with E-state index in [4.69, 9.17) is 11.6 Å². The lowest BCUT2D eigenvalue weighted by atomic mass is 9.95. The third-order valence-electron chi connectivity index (χ3n) is 4.36. The predicted octanol–water partition coefficient (Wildman–Crippen LogP) is 3.80. The zero-order chi connectivity index (χ0) is 19.6. The van der Waals surface area contributed by atoms with Crippen molar-refractivity contribution in [3.63, 3.8) is 0 Å². The molecule has 1 aliphatic heterocycles. The van der Waals surface area contributed by atoms with Crippen molar-refractivity contribution in [2.45, 2.75) is 20.3 Å². The van der Waals surface area contributed by atoms with Crippen molar-refractivity contribution in [3.8, 4) is 0 Å². The second-order valence-electron chi connectivity index (χ2n) is 6.16. The van der Waals surface area contributed by atoms with Crippen LogP contribution < -0.4 is 9.62 Å². The van der Waals surface area contributed by atoms with Gasteiger partial charge in [-0.25, -0.2) is 8.42 Å². The number of nitrogens with zero attached hydrogens (tertiary/aromatic N) is 1. The molecule has 0 unspecified atom stereocenters. The third kappa shape index (κ3) is 3.47. The molecule has 1 N–H and O–H groups in total. The van der Waals surface area contributed by atoms with Crippen molar-refractivity contribution in [1.29, 1.82) is 0 Å². The first-order valence-corrected chi connectivity index (χ1v) is 10.6. The van der Waals surface area contributed by atoms with Crippen molar-refractivity contribution < 1.29 is 13.2 Å². The summed E-state index contributed by atoms with van der Waals surface area (Å²) in [5, 5.41) is 3.19. The highest BCUT2D eigenvalue weighted by Crippen LogP contribution is 2.43. The maximum absolute atomic E-state index is 13.4. The van der Waals surface area contributed by atoms with Gasteiger partial charge in [0.2, 0.25) is 0 Å². The van der Waals surface area contributed by atoms with E-state index in [2.05, 4.69) is 5.32 Å². The lowest BCUT2D eigenvalue weighted by Gasteiger charge is -2.33. The highest BCUT2D eigenvalue weighted by molar-refractivity contribution is 7.97. The molecule has 0 aromatic heterocycles. The Bertz CT molecular complexity index is 1000. The average molecular weight is 405 g/mol. The Labute approximate surface area is 164 Å². The van der Waals surface area contributed by atoms with Crippen LogP contribution in [0.25, 0.3) is 5.57 Å². The Hall–Kier alpha value is -2.31. The molecular weight excluding hydrogens is 384 g/mol. The normalized spacial score (nSPS) is 15.4. The quantitative estimate of drug-likeness (QED) is 0.824. The molecule has 0 saturated heterocycles. The molecule has 0 spiro atoms. The first-order chi connectivity index (χ1) is 12.9. The Kier molecular flexibility index (Phi) is 5.58. The van der Waals surface area contributed by atoms with E-state index in [1.165, 1.54) is 4.31 Å². The van der Waals surface area contributed by atoms with Crippen LogP contribution in [0.1, 0.15) is 31.4 Å². The maximum Gasteiger partial charge on any atom is 0.270 e. The van der Waals surface area contributed by atoms with E-state index in [9.17, 15) is 13.2 Å². The van der Waals surface area contributed by atoms with Crippen LogP contribution in [0.2, 0.25) is 5.02 Å². The molecule has 0 fully saturated rings. The molecule has 0 aliphatic carbocycles. The minimum atomic E-state index is -4.01. The second-order valence-corrected chi connectivity index (χ2v) is 8.39. The number of carbonyl (C=O) groups excluding carboxylic acids is 1. The highest BCUT2D eigenvalue weighted by atomic mass is 35.5. The Morgan fingerprint density at radius 3 is 2.44 bits per heavy atom. The number of benzene rings is 2. The number of amides is 1. The van der Waals surface area contributed by atoms with E-state index in [0.29, 0.717) is 40.4 Å². The van der Waals surface area contributed by atoms with E-state index in [0.717, 1.165) is 0 Å². The lowest BCUT2D eigenvalue weighted by Crippen LogP contribution is -2.41. The molecule has 0 atom stereocenters. The lowest BCUT2D eigenvalue weighted by molar-refractivity contribution is -0.116. The summed E-state index contributed by atoms with van der Waals surface area (Å²) < 4.78 is 28.0. The molecule has 1 heterocycles. The highest BCUT2D eigenvalue weighted by Gasteiger charge is 2.40. The van der Waals surface area contributed by atoms with Crippen molar-refractivity contribution >= 4 is 38.8 Å². The van der Waals surface area contributed by atoms with Gasteiger partial charge in [0.25, 0.3) is 15.9 Å². The Balaban J connectivity index is 2.39. The molecule has 5 nitrogen and oxygen atoms in total. The number of carbonyl (C=O) groups is 1. The fourth-order valence-electron chi connectivity index (χ4n) is 3.20. The summed E-state index contributed by atoms with van der Waals surface area (Å²) in [4.78, 5) is 12.7. The number of sulfonamides is 1. The zero-order valence-electron chi connectivity index (χ0n) is 15.2. The smallest absolute Gasteiger partial charge is 0.270 e. The first-order valence-electron chi connectivity index (χ1n) is 8.82. The average Bonchev–Trinajstić information content (AvgIpc) is 2.65. The van der Waals surface area contributed by atoms with E-state index < -0.39 is 15.9 Å². The van der Waals surface area contributed by atoms with Gasteiger partial charge < -0.3 is 5.32 Å². The molecule has 2 aromatic carbocycles. The van der Waals surface area contributed by atoms with E-state index in [1.54, 1.807) is 37.3 Å². The second kappa shape index (κ2) is 7.74. The summed E-state index contributed by atoms with van der Waals surface area (Å²) in [6.45, 7) is 4.26. The van der Waals surface area contributed by atoms with Crippen molar-refractivity contribution in [2.24, 2.45) is 0 Å². The Morgan fingerprint density at radius 2 is 1.81 bits per heavy atom. The number of hydrogen-bond donors (Lipinski definition) is 1. The molecule has 0 saturated carbocycles. The molecule has 0 radical (unpaired) electrons. The van der Waals surface area contributed by atoms with Gasteiger partial charge in [-0.3, -0.25) is 9.10 Å². The van der Waals surface area contributed by atoms with Gasteiger partial charge in [0.1, 0.15) is 0 Å². The first kappa shape index (κ1) is 19.5. The number of anilines is 1. The number of fused-ring (bicyclic) bond motifs is 1.